The lowest BCUT2D eigenvalue weighted by atomic mass is 9.90. The summed E-state index contributed by atoms with van der Waals surface area (Å²) in [5, 5.41) is 0.741. The molecular formula is C29H29ClN2O2. The van der Waals surface area contributed by atoms with Gasteiger partial charge in [-0.3, -0.25) is 14.7 Å². The van der Waals surface area contributed by atoms with E-state index in [0.29, 0.717) is 18.1 Å². The summed E-state index contributed by atoms with van der Waals surface area (Å²) >= 11 is 6.34. The molecule has 174 valence electrons. The highest BCUT2D eigenvalue weighted by molar-refractivity contribution is 6.30. The number of carbonyl (C=O) groups excluding carboxylic acids is 1. The average Bonchev–Trinajstić information content (AvgIpc) is 2.99. The standard InChI is InChI=1S/C29H29ClN2O2/c30-24-13-14-26-23(20-24)12-11-22-8-6-16-31-28(22)29(26)32-17-5-4-7-21(15-18-32)19-27(33)34-25-9-2-1-3-10-25/h1-3,6,8-14,16,20-21,29H,4-5,7,15,17-19H2. The molecule has 0 bridgehead atoms. The summed E-state index contributed by atoms with van der Waals surface area (Å²) in [4.78, 5) is 20.0. The number of aromatic nitrogens is 1. The number of nitrogens with zero attached hydrogens (tertiary/aromatic N) is 2. The van der Waals surface area contributed by atoms with Crippen molar-refractivity contribution in [2.24, 2.45) is 5.92 Å². The molecule has 1 aromatic heterocycles. The molecule has 5 heteroatoms. The summed E-state index contributed by atoms with van der Waals surface area (Å²) in [6, 6.07) is 19.7. The maximum atomic E-state index is 12.6. The highest BCUT2D eigenvalue weighted by Crippen LogP contribution is 2.38. The van der Waals surface area contributed by atoms with Gasteiger partial charge in [-0.2, -0.15) is 0 Å². The number of benzene rings is 2. The third-order valence-electron chi connectivity index (χ3n) is 6.84. The van der Waals surface area contributed by atoms with Crippen LogP contribution in [0.1, 0.15) is 60.5 Å². The number of rotatable bonds is 4. The summed E-state index contributed by atoms with van der Waals surface area (Å²) in [6.07, 6.45) is 10.8. The second kappa shape index (κ2) is 10.5. The molecule has 1 aliphatic heterocycles. The van der Waals surface area contributed by atoms with Crippen LogP contribution in [-0.4, -0.2) is 28.9 Å². The number of esters is 1. The molecule has 1 aliphatic carbocycles. The molecule has 3 aromatic rings. The Labute approximate surface area is 206 Å². The molecule has 5 rings (SSSR count). The van der Waals surface area contributed by atoms with Crippen LogP contribution in [0.25, 0.3) is 12.2 Å². The van der Waals surface area contributed by atoms with Gasteiger partial charge in [0, 0.05) is 17.6 Å². The minimum absolute atomic E-state index is 0.0634. The van der Waals surface area contributed by atoms with Crippen molar-refractivity contribution in [2.75, 3.05) is 13.1 Å². The van der Waals surface area contributed by atoms with Gasteiger partial charge in [-0.05, 0) is 85.3 Å². The number of para-hydroxylation sites is 1. The zero-order chi connectivity index (χ0) is 23.3. The molecular weight excluding hydrogens is 444 g/mol. The molecule has 0 amide bonds. The molecule has 2 aromatic carbocycles. The number of likely N-dealkylation sites (tertiary alicyclic amines) is 1. The van der Waals surface area contributed by atoms with E-state index < -0.39 is 0 Å². The molecule has 2 aliphatic rings. The first kappa shape index (κ1) is 22.8. The maximum absolute atomic E-state index is 12.6. The van der Waals surface area contributed by atoms with E-state index >= 15 is 0 Å². The fourth-order valence-electron chi connectivity index (χ4n) is 5.15. The second-order valence-electron chi connectivity index (χ2n) is 9.16. The molecule has 1 fully saturated rings. The largest absolute Gasteiger partial charge is 0.427 e. The van der Waals surface area contributed by atoms with Crippen LogP contribution in [0.4, 0.5) is 0 Å². The van der Waals surface area contributed by atoms with Crippen LogP contribution in [-0.2, 0) is 4.79 Å². The van der Waals surface area contributed by atoms with E-state index in [1.165, 1.54) is 5.56 Å². The van der Waals surface area contributed by atoms with Gasteiger partial charge in [0.2, 0.25) is 0 Å². The van der Waals surface area contributed by atoms with E-state index in [9.17, 15) is 4.79 Å². The number of pyridine rings is 1. The van der Waals surface area contributed by atoms with Crippen LogP contribution < -0.4 is 4.74 Å². The van der Waals surface area contributed by atoms with E-state index in [2.05, 4.69) is 29.2 Å². The molecule has 34 heavy (non-hydrogen) atoms. The summed E-state index contributed by atoms with van der Waals surface area (Å²) < 4.78 is 5.57. The summed E-state index contributed by atoms with van der Waals surface area (Å²) in [5.74, 6) is 0.786. The average molecular weight is 473 g/mol. The minimum atomic E-state index is -0.144. The molecule has 0 radical (unpaired) electrons. The molecule has 2 atom stereocenters. The second-order valence-corrected chi connectivity index (χ2v) is 9.60. The zero-order valence-corrected chi connectivity index (χ0v) is 20.0. The Morgan fingerprint density at radius 3 is 2.71 bits per heavy atom. The molecule has 4 nitrogen and oxygen atoms in total. The lowest BCUT2D eigenvalue weighted by Crippen LogP contribution is -2.35. The summed E-state index contributed by atoms with van der Waals surface area (Å²) in [5.41, 5.74) is 4.60. The Morgan fingerprint density at radius 1 is 0.971 bits per heavy atom. The van der Waals surface area contributed by atoms with Gasteiger partial charge in [0.15, 0.2) is 0 Å². The number of ether oxygens (including phenoxy) is 1. The number of fused-ring (bicyclic) bond motifs is 2. The molecule has 2 unspecified atom stereocenters. The summed E-state index contributed by atoms with van der Waals surface area (Å²) in [6.45, 7) is 1.91. The SMILES string of the molecule is O=C(CC1CCCCN(C2c3ccc(Cl)cc3C=Cc3cccnc32)CC1)Oc1ccccc1. The fourth-order valence-corrected chi connectivity index (χ4v) is 5.33. The number of hydrogen-bond donors (Lipinski definition) is 0. The minimum Gasteiger partial charge on any atom is -0.427 e. The predicted octanol–water partition coefficient (Wildman–Crippen LogP) is 6.80. The Morgan fingerprint density at radius 2 is 1.82 bits per heavy atom. The lowest BCUT2D eigenvalue weighted by molar-refractivity contribution is -0.135. The van der Waals surface area contributed by atoms with Gasteiger partial charge < -0.3 is 4.74 Å². The number of hydrogen-bond acceptors (Lipinski definition) is 4. The molecule has 1 saturated heterocycles. The van der Waals surface area contributed by atoms with Crippen LogP contribution in [0.5, 0.6) is 5.75 Å². The summed E-state index contributed by atoms with van der Waals surface area (Å²) in [7, 11) is 0. The van der Waals surface area contributed by atoms with Gasteiger partial charge in [0.1, 0.15) is 5.75 Å². The van der Waals surface area contributed by atoms with Gasteiger partial charge in [-0.1, -0.05) is 60.5 Å². The van der Waals surface area contributed by atoms with Gasteiger partial charge in [-0.25, -0.2) is 0 Å². The maximum Gasteiger partial charge on any atom is 0.311 e. The number of carbonyl (C=O) groups is 1. The Kier molecular flexibility index (Phi) is 7.08. The van der Waals surface area contributed by atoms with Crippen molar-refractivity contribution in [3.8, 4) is 5.75 Å². The van der Waals surface area contributed by atoms with Crippen molar-refractivity contribution in [1.29, 1.82) is 0 Å². The van der Waals surface area contributed by atoms with Gasteiger partial charge >= 0.3 is 5.97 Å². The molecule has 0 saturated carbocycles. The Hall–Kier alpha value is -2.95. The normalized spacial score (nSPS) is 20.4. The molecule has 2 heterocycles. The van der Waals surface area contributed by atoms with E-state index in [0.717, 1.165) is 60.6 Å². The van der Waals surface area contributed by atoms with Crippen molar-refractivity contribution in [2.45, 2.75) is 38.1 Å². The molecule has 0 N–H and O–H groups in total. The van der Waals surface area contributed by atoms with Crippen LogP contribution in [0.2, 0.25) is 5.02 Å². The third kappa shape index (κ3) is 5.24. The monoisotopic (exact) mass is 472 g/mol. The van der Waals surface area contributed by atoms with E-state index in [4.69, 9.17) is 21.3 Å². The van der Waals surface area contributed by atoms with E-state index in [-0.39, 0.29) is 12.0 Å². The van der Waals surface area contributed by atoms with Crippen LogP contribution in [0, 0.1) is 5.92 Å². The zero-order valence-electron chi connectivity index (χ0n) is 19.2. The van der Waals surface area contributed by atoms with Crippen molar-refractivity contribution in [3.05, 3.63) is 94.3 Å². The Bertz CT molecular complexity index is 1180. The van der Waals surface area contributed by atoms with Crippen molar-refractivity contribution in [1.82, 2.24) is 9.88 Å². The topological polar surface area (TPSA) is 42.4 Å². The van der Waals surface area contributed by atoms with Gasteiger partial charge in [0.25, 0.3) is 0 Å². The first-order chi connectivity index (χ1) is 16.7. The van der Waals surface area contributed by atoms with Crippen molar-refractivity contribution in [3.63, 3.8) is 0 Å². The highest BCUT2D eigenvalue weighted by atomic mass is 35.5. The van der Waals surface area contributed by atoms with Gasteiger partial charge in [0.05, 0.1) is 11.7 Å². The first-order valence-electron chi connectivity index (χ1n) is 12.1. The molecule has 0 spiro atoms. The van der Waals surface area contributed by atoms with Crippen molar-refractivity contribution < 1.29 is 9.53 Å². The van der Waals surface area contributed by atoms with Crippen LogP contribution in [0.15, 0.2) is 66.9 Å². The fraction of sp³-hybridized carbons (Fsp3) is 0.310. The number of halogens is 1. The third-order valence-corrected chi connectivity index (χ3v) is 7.08. The van der Waals surface area contributed by atoms with E-state index in [1.807, 2.05) is 54.7 Å². The van der Waals surface area contributed by atoms with Crippen molar-refractivity contribution >= 4 is 29.7 Å². The van der Waals surface area contributed by atoms with Crippen LogP contribution >= 0.6 is 11.6 Å². The quantitative estimate of drug-likeness (QED) is 0.309. The van der Waals surface area contributed by atoms with E-state index in [1.54, 1.807) is 0 Å². The predicted molar refractivity (Wildman–Crippen MR) is 137 cm³/mol. The highest BCUT2D eigenvalue weighted by Gasteiger charge is 2.30. The smallest absolute Gasteiger partial charge is 0.311 e. The Balaban J connectivity index is 1.35. The lowest BCUT2D eigenvalue weighted by Gasteiger charge is -2.35. The first-order valence-corrected chi connectivity index (χ1v) is 12.5. The van der Waals surface area contributed by atoms with Crippen LogP contribution in [0.3, 0.4) is 0 Å². The van der Waals surface area contributed by atoms with Gasteiger partial charge in [-0.15, -0.1) is 0 Å².